The third kappa shape index (κ3) is 3.60. The van der Waals surface area contributed by atoms with Crippen molar-refractivity contribution in [2.24, 2.45) is 12.5 Å². The standard InChI is InChI=1S/C25H28N4O2/c1-25(10-3-11-25)24(31)29-14-12-28(13-15-29)23(30)19-6-4-18(5-7-19)20-8-9-21-17-27(2)26-22(21)16-20/h4-9,16-17H,3,10-15H2,1-2H3. The smallest absolute Gasteiger partial charge is 0.253 e. The first kappa shape index (κ1) is 19.8. The second-order valence-electron chi connectivity index (χ2n) is 9.15. The molecule has 2 aromatic carbocycles. The molecule has 1 saturated heterocycles. The van der Waals surface area contributed by atoms with Crippen molar-refractivity contribution in [2.45, 2.75) is 26.2 Å². The van der Waals surface area contributed by atoms with Gasteiger partial charge in [0.2, 0.25) is 5.91 Å². The average Bonchev–Trinajstić information content (AvgIpc) is 3.16. The number of piperazine rings is 1. The van der Waals surface area contributed by atoms with Crippen LogP contribution in [0.2, 0.25) is 0 Å². The SMILES string of the molecule is Cn1cc2ccc(-c3ccc(C(=O)N4CCN(C(=O)C5(C)CCC5)CC4)cc3)cc2n1. The molecule has 1 aliphatic heterocycles. The summed E-state index contributed by atoms with van der Waals surface area (Å²) in [6, 6.07) is 14.0. The average molecular weight is 417 g/mol. The van der Waals surface area contributed by atoms with E-state index in [0.29, 0.717) is 31.7 Å². The molecule has 1 aliphatic carbocycles. The first-order valence-electron chi connectivity index (χ1n) is 11.1. The first-order valence-corrected chi connectivity index (χ1v) is 11.1. The summed E-state index contributed by atoms with van der Waals surface area (Å²) in [7, 11) is 1.92. The van der Waals surface area contributed by atoms with Gasteiger partial charge in [-0.25, -0.2) is 0 Å². The van der Waals surface area contributed by atoms with Crippen molar-refractivity contribution in [3.8, 4) is 11.1 Å². The van der Waals surface area contributed by atoms with E-state index in [2.05, 4.69) is 30.2 Å². The van der Waals surface area contributed by atoms with E-state index in [4.69, 9.17) is 0 Å². The van der Waals surface area contributed by atoms with Crippen LogP contribution in [0, 0.1) is 5.41 Å². The molecule has 31 heavy (non-hydrogen) atoms. The van der Waals surface area contributed by atoms with Gasteiger partial charge in [0, 0.05) is 55.8 Å². The van der Waals surface area contributed by atoms with Gasteiger partial charge in [0.05, 0.1) is 5.52 Å². The molecule has 0 spiro atoms. The van der Waals surface area contributed by atoms with Gasteiger partial charge in [-0.3, -0.25) is 14.3 Å². The van der Waals surface area contributed by atoms with Crippen molar-refractivity contribution in [2.75, 3.05) is 26.2 Å². The van der Waals surface area contributed by atoms with Crippen LogP contribution in [0.4, 0.5) is 0 Å². The molecule has 0 bridgehead atoms. The number of hydrogen-bond acceptors (Lipinski definition) is 3. The van der Waals surface area contributed by atoms with Gasteiger partial charge in [0.15, 0.2) is 0 Å². The number of benzene rings is 2. The van der Waals surface area contributed by atoms with Gasteiger partial charge in [-0.1, -0.05) is 37.6 Å². The molecule has 0 N–H and O–H groups in total. The quantitative estimate of drug-likeness (QED) is 0.654. The molecule has 0 unspecified atom stereocenters. The van der Waals surface area contributed by atoms with Crippen LogP contribution < -0.4 is 0 Å². The van der Waals surface area contributed by atoms with Crippen molar-refractivity contribution < 1.29 is 9.59 Å². The Kier molecular flexibility index (Phi) is 4.80. The van der Waals surface area contributed by atoms with Gasteiger partial charge in [-0.05, 0) is 42.2 Å². The number of carbonyl (C=O) groups excluding carboxylic acids is 2. The van der Waals surface area contributed by atoms with Crippen LogP contribution in [-0.4, -0.2) is 57.6 Å². The molecule has 6 heteroatoms. The number of hydrogen-bond donors (Lipinski definition) is 0. The zero-order valence-corrected chi connectivity index (χ0v) is 18.2. The Hall–Kier alpha value is -3.15. The molecular weight excluding hydrogens is 388 g/mol. The van der Waals surface area contributed by atoms with Gasteiger partial charge < -0.3 is 9.80 Å². The molecule has 0 radical (unpaired) electrons. The van der Waals surface area contributed by atoms with Crippen LogP contribution in [0.15, 0.2) is 48.7 Å². The minimum Gasteiger partial charge on any atom is -0.339 e. The summed E-state index contributed by atoms with van der Waals surface area (Å²) in [5, 5.41) is 5.59. The molecule has 2 fully saturated rings. The van der Waals surface area contributed by atoms with E-state index < -0.39 is 0 Å². The first-order chi connectivity index (χ1) is 14.9. The largest absolute Gasteiger partial charge is 0.339 e. The Balaban J connectivity index is 1.24. The Labute approximate surface area is 182 Å². The maximum atomic E-state index is 13.0. The molecule has 2 heterocycles. The monoisotopic (exact) mass is 416 g/mol. The third-order valence-corrected chi connectivity index (χ3v) is 6.91. The highest BCUT2D eigenvalue weighted by atomic mass is 16.2. The van der Waals surface area contributed by atoms with Crippen LogP contribution in [-0.2, 0) is 11.8 Å². The van der Waals surface area contributed by atoms with E-state index in [1.54, 1.807) is 0 Å². The van der Waals surface area contributed by atoms with Gasteiger partial charge in [-0.15, -0.1) is 0 Å². The minimum absolute atomic E-state index is 0.0358. The topological polar surface area (TPSA) is 58.4 Å². The highest BCUT2D eigenvalue weighted by Gasteiger charge is 2.42. The van der Waals surface area contributed by atoms with E-state index in [0.717, 1.165) is 41.3 Å². The Morgan fingerprint density at radius 2 is 1.55 bits per heavy atom. The molecule has 2 amide bonds. The van der Waals surface area contributed by atoms with Crippen LogP contribution in [0.3, 0.4) is 0 Å². The second kappa shape index (κ2) is 7.52. The summed E-state index contributed by atoms with van der Waals surface area (Å²) >= 11 is 0. The Morgan fingerprint density at radius 3 is 2.19 bits per heavy atom. The van der Waals surface area contributed by atoms with Crippen LogP contribution in [0.1, 0.15) is 36.5 Å². The third-order valence-electron chi connectivity index (χ3n) is 6.91. The zero-order chi connectivity index (χ0) is 21.6. The Morgan fingerprint density at radius 1 is 0.903 bits per heavy atom. The lowest BCUT2D eigenvalue weighted by Crippen LogP contribution is -2.55. The molecular formula is C25H28N4O2. The van der Waals surface area contributed by atoms with Crippen LogP contribution in [0.25, 0.3) is 22.0 Å². The van der Waals surface area contributed by atoms with Gasteiger partial charge in [0.1, 0.15) is 0 Å². The van der Waals surface area contributed by atoms with Crippen molar-refractivity contribution in [3.05, 3.63) is 54.2 Å². The zero-order valence-electron chi connectivity index (χ0n) is 18.2. The normalized spacial score (nSPS) is 18.1. The number of aryl methyl sites for hydroxylation is 1. The maximum Gasteiger partial charge on any atom is 0.253 e. The summed E-state index contributed by atoms with van der Waals surface area (Å²) in [6.45, 7) is 4.52. The maximum absolute atomic E-state index is 13.0. The van der Waals surface area contributed by atoms with E-state index >= 15 is 0 Å². The van der Waals surface area contributed by atoms with Crippen LogP contribution >= 0.6 is 0 Å². The summed E-state index contributed by atoms with van der Waals surface area (Å²) in [5.74, 6) is 0.300. The molecule has 5 rings (SSSR count). The Bertz CT molecular complexity index is 1140. The highest BCUT2D eigenvalue weighted by Crippen LogP contribution is 2.42. The number of aromatic nitrogens is 2. The molecule has 6 nitrogen and oxygen atoms in total. The van der Waals surface area contributed by atoms with Crippen molar-refractivity contribution in [3.63, 3.8) is 0 Å². The van der Waals surface area contributed by atoms with Gasteiger partial charge in [0.25, 0.3) is 5.91 Å². The number of amides is 2. The second-order valence-corrected chi connectivity index (χ2v) is 9.15. The van der Waals surface area contributed by atoms with Crippen molar-refractivity contribution in [1.29, 1.82) is 0 Å². The van der Waals surface area contributed by atoms with Gasteiger partial charge in [-0.2, -0.15) is 5.10 Å². The molecule has 1 aromatic heterocycles. The fraction of sp³-hybridized carbons (Fsp3) is 0.400. The van der Waals surface area contributed by atoms with E-state index in [9.17, 15) is 9.59 Å². The molecule has 2 aliphatic rings. The molecule has 0 atom stereocenters. The van der Waals surface area contributed by atoms with E-state index in [1.807, 2.05) is 52.0 Å². The fourth-order valence-electron chi connectivity index (χ4n) is 4.72. The number of rotatable bonds is 3. The van der Waals surface area contributed by atoms with Crippen LogP contribution in [0.5, 0.6) is 0 Å². The highest BCUT2D eigenvalue weighted by molar-refractivity contribution is 5.95. The van der Waals surface area contributed by atoms with E-state index in [-0.39, 0.29) is 17.2 Å². The van der Waals surface area contributed by atoms with Crippen molar-refractivity contribution in [1.82, 2.24) is 19.6 Å². The fourth-order valence-corrected chi connectivity index (χ4v) is 4.72. The molecule has 160 valence electrons. The minimum atomic E-state index is -0.166. The molecule has 1 saturated carbocycles. The van der Waals surface area contributed by atoms with E-state index in [1.165, 1.54) is 0 Å². The predicted octanol–water partition coefficient (Wildman–Crippen LogP) is 3.71. The predicted molar refractivity (Wildman–Crippen MR) is 121 cm³/mol. The summed E-state index contributed by atoms with van der Waals surface area (Å²) in [4.78, 5) is 29.5. The number of carbonyl (C=O) groups is 2. The molecule has 3 aromatic rings. The van der Waals surface area contributed by atoms with Gasteiger partial charge >= 0.3 is 0 Å². The summed E-state index contributed by atoms with van der Waals surface area (Å²) in [6.07, 6.45) is 5.13. The number of fused-ring (bicyclic) bond motifs is 1. The lowest BCUT2D eigenvalue weighted by molar-refractivity contribution is -0.147. The lowest BCUT2D eigenvalue weighted by Gasteiger charge is -2.43. The summed E-state index contributed by atoms with van der Waals surface area (Å²) in [5.41, 5.74) is 3.63. The van der Waals surface area contributed by atoms with Crippen molar-refractivity contribution >= 4 is 22.7 Å². The lowest BCUT2D eigenvalue weighted by atomic mass is 9.69. The summed E-state index contributed by atoms with van der Waals surface area (Å²) < 4.78 is 1.82. The number of nitrogens with zero attached hydrogens (tertiary/aromatic N) is 4.